The largest absolute Gasteiger partial charge is 0.493 e. The number of aryl methyl sites for hydroxylation is 2. The first-order valence-electron chi connectivity index (χ1n) is 10.6. The van der Waals surface area contributed by atoms with Gasteiger partial charge < -0.3 is 15.4 Å². The maximum Gasteiger partial charge on any atom is 0.231 e. The highest BCUT2D eigenvalue weighted by Crippen LogP contribution is 2.24. The molecule has 2 N–H and O–H groups in total. The number of benzene rings is 3. The van der Waals surface area contributed by atoms with Crippen molar-refractivity contribution in [3.63, 3.8) is 0 Å². The summed E-state index contributed by atoms with van der Waals surface area (Å²) in [6.07, 6.45) is 1.47. The van der Waals surface area contributed by atoms with E-state index in [1.807, 2.05) is 63.2 Å². The number of thiocarbonyl (C=S) groups is 1. The Bertz CT molecular complexity index is 1090. The third-order valence-electron chi connectivity index (χ3n) is 5.40. The third kappa shape index (κ3) is 6.28. The number of rotatable bonds is 7. The van der Waals surface area contributed by atoms with Crippen LogP contribution >= 0.6 is 12.2 Å². The zero-order valence-corrected chi connectivity index (χ0v) is 19.4. The molecule has 0 aliphatic carbocycles. The van der Waals surface area contributed by atoms with Gasteiger partial charge in [0.1, 0.15) is 5.75 Å². The van der Waals surface area contributed by atoms with Crippen LogP contribution in [0.15, 0.2) is 60.7 Å². The van der Waals surface area contributed by atoms with Crippen LogP contribution in [0.4, 0.5) is 5.69 Å². The standard InChI is InChI=1S/C26H30N2O2S/c1-18-10-11-19(2)23(16-18)30-15-7-14-26(3,4)24(29)28-25(31)27-22-13-12-20-8-5-6-9-21(20)17-22/h5-6,8-13,16-17H,7,14-15H2,1-4H3,(H2,27,28,29,31). The summed E-state index contributed by atoms with van der Waals surface area (Å²) in [6, 6.07) is 20.3. The molecule has 162 valence electrons. The van der Waals surface area contributed by atoms with Gasteiger partial charge in [-0.25, -0.2) is 0 Å². The van der Waals surface area contributed by atoms with Crippen molar-refractivity contribution in [3.05, 3.63) is 71.8 Å². The summed E-state index contributed by atoms with van der Waals surface area (Å²) in [5.74, 6) is 0.806. The quantitative estimate of drug-likeness (QED) is 0.346. The Labute approximate surface area is 190 Å². The minimum absolute atomic E-state index is 0.0995. The summed E-state index contributed by atoms with van der Waals surface area (Å²) in [6.45, 7) is 8.52. The van der Waals surface area contributed by atoms with E-state index in [2.05, 4.69) is 35.8 Å². The Balaban J connectivity index is 1.48. The first kappa shape index (κ1) is 22.8. The number of carbonyl (C=O) groups is 1. The van der Waals surface area contributed by atoms with Crippen LogP contribution < -0.4 is 15.4 Å². The first-order valence-corrected chi connectivity index (χ1v) is 11.0. The lowest BCUT2D eigenvalue weighted by molar-refractivity contribution is -0.128. The lowest BCUT2D eigenvalue weighted by Crippen LogP contribution is -2.42. The fourth-order valence-corrected chi connectivity index (χ4v) is 3.58. The molecule has 31 heavy (non-hydrogen) atoms. The zero-order chi connectivity index (χ0) is 22.4. The number of carbonyl (C=O) groups excluding carboxylic acids is 1. The van der Waals surface area contributed by atoms with Gasteiger partial charge in [0.25, 0.3) is 0 Å². The SMILES string of the molecule is Cc1ccc(C)c(OCCCC(C)(C)C(=O)NC(=S)Nc2ccc3ccccc3c2)c1. The molecule has 5 heteroatoms. The highest BCUT2D eigenvalue weighted by atomic mass is 32.1. The van der Waals surface area contributed by atoms with Gasteiger partial charge in [0, 0.05) is 11.1 Å². The molecule has 0 unspecified atom stereocenters. The topological polar surface area (TPSA) is 50.4 Å². The molecule has 0 fully saturated rings. The van der Waals surface area contributed by atoms with Gasteiger partial charge in [-0.05, 0) is 79.0 Å². The average molecular weight is 435 g/mol. The Morgan fingerprint density at radius 2 is 1.74 bits per heavy atom. The van der Waals surface area contributed by atoms with Gasteiger partial charge in [-0.3, -0.25) is 4.79 Å². The van der Waals surface area contributed by atoms with Crippen LogP contribution in [0, 0.1) is 19.3 Å². The van der Waals surface area contributed by atoms with E-state index in [0.717, 1.165) is 34.2 Å². The fourth-order valence-electron chi connectivity index (χ4n) is 3.37. The van der Waals surface area contributed by atoms with Crippen molar-refractivity contribution >= 4 is 39.7 Å². The zero-order valence-electron chi connectivity index (χ0n) is 18.6. The van der Waals surface area contributed by atoms with Gasteiger partial charge in [-0.15, -0.1) is 0 Å². The molecule has 3 aromatic carbocycles. The summed E-state index contributed by atoms with van der Waals surface area (Å²) in [5.41, 5.74) is 2.59. The van der Waals surface area contributed by atoms with E-state index in [1.165, 1.54) is 5.56 Å². The molecule has 0 spiro atoms. The number of anilines is 1. The van der Waals surface area contributed by atoms with Crippen LogP contribution in [-0.4, -0.2) is 17.6 Å². The summed E-state index contributed by atoms with van der Waals surface area (Å²) >= 11 is 5.36. The lowest BCUT2D eigenvalue weighted by Gasteiger charge is -2.24. The maximum atomic E-state index is 12.8. The van der Waals surface area contributed by atoms with Crippen molar-refractivity contribution in [1.29, 1.82) is 0 Å². The fraction of sp³-hybridized carbons (Fsp3) is 0.308. The lowest BCUT2D eigenvalue weighted by atomic mass is 9.87. The van der Waals surface area contributed by atoms with E-state index in [0.29, 0.717) is 18.1 Å². The van der Waals surface area contributed by atoms with Crippen LogP contribution in [0.3, 0.4) is 0 Å². The third-order valence-corrected chi connectivity index (χ3v) is 5.60. The van der Waals surface area contributed by atoms with Crippen molar-refractivity contribution in [1.82, 2.24) is 5.32 Å². The van der Waals surface area contributed by atoms with Crippen LogP contribution in [0.2, 0.25) is 0 Å². The maximum absolute atomic E-state index is 12.8. The second kappa shape index (κ2) is 9.92. The minimum atomic E-state index is -0.555. The van der Waals surface area contributed by atoms with Crippen LogP contribution in [0.5, 0.6) is 5.75 Å². The highest BCUT2D eigenvalue weighted by molar-refractivity contribution is 7.80. The van der Waals surface area contributed by atoms with Gasteiger partial charge in [0.05, 0.1) is 6.61 Å². The van der Waals surface area contributed by atoms with Crippen molar-refractivity contribution < 1.29 is 9.53 Å². The number of hydrogen-bond donors (Lipinski definition) is 2. The normalized spacial score (nSPS) is 11.2. The second-order valence-electron chi connectivity index (χ2n) is 8.58. The number of ether oxygens (including phenoxy) is 1. The smallest absolute Gasteiger partial charge is 0.231 e. The monoisotopic (exact) mass is 434 g/mol. The molecule has 0 saturated heterocycles. The van der Waals surface area contributed by atoms with Crippen LogP contribution in [-0.2, 0) is 4.79 Å². The molecule has 3 aromatic rings. The molecular weight excluding hydrogens is 404 g/mol. The highest BCUT2D eigenvalue weighted by Gasteiger charge is 2.27. The number of amides is 1. The molecule has 0 saturated carbocycles. The Hall–Kier alpha value is -2.92. The van der Waals surface area contributed by atoms with Crippen LogP contribution in [0.1, 0.15) is 37.8 Å². The first-order chi connectivity index (χ1) is 14.7. The van der Waals surface area contributed by atoms with E-state index in [1.54, 1.807) is 0 Å². The molecule has 3 rings (SSSR count). The van der Waals surface area contributed by atoms with Crippen molar-refractivity contribution in [2.24, 2.45) is 5.41 Å². The van der Waals surface area contributed by atoms with E-state index in [4.69, 9.17) is 17.0 Å². The summed E-state index contributed by atoms with van der Waals surface area (Å²) in [4.78, 5) is 12.8. The van der Waals surface area contributed by atoms with E-state index < -0.39 is 5.41 Å². The number of fused-ring (bicyclic) bond motifs is 1. The minimum Gasteiger partial charge on any atom is -0.493 e. The van der Waals surface area contributed by atoms with Crippen molar-refractivity contribution in [2.45, 2.75) is 40.5 Å². The van der Waals surface area contributed by atoms with Crippen molar-refractivity contribution in [3.8, 4) is 5.75 Å². The molecular formula is C26H30N2O2S. The Kier molecular flexibility index (Phi) is 7.29. The van der Waals surface area contributed by atoms with E-state index >= 15 is 0 Å². The summed E-state index contributed by atoms with van der Waals surface area (Å²) in [7, 11) is 0. The molecule has 0 atom stereocenters. The number of hydrogen-bond acceptors (Lipinski definition) is 3. The van der Waals surface area contributed by atoms with Gasteiger partial charge in [0.15, 0.2) is 5.11 Å². The molecule has 0 bridgehead atoms. The predicted octanol–water partition coefficient (Wildman–Crippen LogP) is 6.16. The predicted molar refractivity (Wildman–Crippen MR) is 133 cm³/mol. The molecule has 0 heterocycles. The Morgan fingerprint density at radius 3 is 2.52 bits per heavy atom. The second-order valence-corrected chi connectivity index (χ2v) is 8.98. The summed E-state index contributed by atoms with van der Waals surface area (Å²) < 4.78 is 5.92. The van der Waals surface area contributed by atoms with Crippen LogP contribution in [0.25, 0.3) is 10.8 Å². The molecule has 0 radical (unpaired) electrons. The Morgan fingerprint density at radius 1 is 1.00 bits per heavy atom. The van der Waals surface area contributed by atoms with Crippen molar-refractivity contribution in [2.75, 3.05) is 11.9 Å². The number of nitrogens with one attached hydrogen (secondary N) is 2. The van der Waals surface area contributed by atoms with Gasteiger partial charge in [-0.2, -0.15) is 0 Å². The average Bonchev–Trinajstić information content (AvgIpc) is 2.73. The molecule has 0 aliphatic heterocycles. The molecule has 0 aliphatic rings. The van der Waals surface area contributed by atoms with Gasteiger partial charge in [-0.1, -0.05) is 56.3 Å². The van der Waals surface area contributed by atoms with Gasteiger partial charge >= 0.3 is 0 Å². The van der Waals surface area contributed by atoms with E-state index in [9.17, 15) is 4.79 Å². The van der Waals surface area contributed by atoms with Gasteiger partial charge in [0.2, 0.25) is 5.91 Å². The molecule has 1 amide bonds. The summed E-state index contributed by atoms with van der Waals surface area (Å²) in [5, 5.41) is 8.53. The molecule has 0 aromatic heterocycles. The molecule has 4 nitrogen and oxygen atoms in total. The van der Waals surface area contributed by atoms with E-state index in [-0.39, 0.29) is 5.91 Å².